The molecule has 0 bridgehead atoms. The second-order valence-electron chi connectivity index (χ2n) is 8.47. The van der Waals surface area contributed by atoms with Crippen molar-refractivity contribution in [2.75, 3.05) is 0 Å². The highest BCUT2D eigenvalue weighted by atomic mass is 16.3. The van der Waals surface area contributed by atoms with Gasteiger partial charge in [-0.25, -0.2) is 0 Å². The predicted molar refractivity (Wildman–Crippen MR) is 91.5 cm³/mol. The Morgan fingerprint density at radius 1 is 1.50 bits per heavy atom. The van der Waals surface area contributed by atoms with E-state index >= 15 is 0 Å². The second-order valence-corrected chi connectivity index (χ2v) is 8.47. The quantitative estimate of drug-likeness (QED) is 0.766. The van der Waals surface area contributed by atoms with Crippen molar-refractivity contribution in [2.45, 2.75) is 72.3 Å². The van der Waals surface area contributed by atoms with Crippen LogP contribution in [0.15, 0.2) is 24.3 Å². The summed E-state index contributed by atoms with van der Waals surface area (Å²) >= 11 is 0. The Bertz CT molecular complexity index is 502. The number of carbonyl (C=O) groups excluding carboxylic acids is 1. The lowest BCUT2D eigenvalue weighted by molar-refractivity contribution is -0.124. The van der Waals surface area contributed by atoms with Gasteiger partial charge in [-0.05, 0) is 68.3 Å². The van der Waals surface area contributed by atoms with Crippen LogP contribution in [0.3, 0.4) is 0 Å². The zero-order valence-corrected chi connectivity index (χ0v) is 14.9. The van der Waals surface area contributed by atoms with Crippen molar-refractivity contribution in [2.24, 2.45) is 22.7 Å². The van der Waals surface area contributed by atoms with Crippen LogP contribution in [-0.2, 0) is 4.79 Å². The molecule has 0 aromatic heterocycles. The first kappa shape index (κ1) is 17.5. The van der Waals surface area contributed by atoms with Gasteiger partial charge in [-0.1, -0.05) is 32.4 Å². The molecule has 1 N–H and O–H groups in total. The molecule has 5 atom stereocenters. The van der Waals surface area contributed by atoms with Crippen LogP contribution < -0.4 is 0 Å². The highest BCUT2D eigenvalue weighted by molar-refractivity contribution is 5.92. The zero-order valence-electron chi connectivity index (χ0n) is 14.9. The van der Waals surface area contributed by atoms with Gasteiger partial charge in [-0.2, -0.15) is 0 Å². The van der Waals surface area contributed by atoms with Crippen LogP contribution in [0.2, 0.25) is 0 Å². The van der Waals surface area contributed by atoms with Crippen LogP contribution in [0.4, 0.5) is 0 Å². The molecule has 2 nitrogen and oxygen atoms in total. The van der Waals surface area contributed by atoms with E-state index in [9.17, 15) is 9.90 Å². The molecule has 0 heterocycles. The van der Waals surface area contributed by atoms with Gasteiger partial charge in [0.2, 0.25) is 0 Å². The van der Waals surface area contributed by atoms with Gasteiger partial charge in [0.15, 0.2) is 5.78 Å². The molecule has 0 saturated heterocycles. The Kier molecular flexibility index (Phi) is 4.47. The molecule has 124 valence electrons. The molecule has 0 aromatic rings. The minimum atomic E-state index is -0.819. The predicted octanol–water partition coefficient (Wildman–Crippen LogP) is 4.68. The molecule has 2 aliphatic rings. The number of hydrogen-bond donors (Lipinski definition) is 1. The maximum absolute atomic E-state index is 12.2. The number of allylic oxidation sites excluding steroid dienone is 2. The Morgan fingerprint density at radius 3 is 2.73 bits per heavy atom. The van der Waals surface area contributed by atoms with E-state index in [0.29, 0.717) is 24.7 Å². The van der Waals surface area contributed by atoms with Crippen LogP contribution in [0.1, 0.15) is 66.7 Å². The van der Waals surface area contributed by atoms with Crippen molar-refractivity contribution in [3.8, 4) is 0 Å². The third-order valence-corrected chi connectivity index (χ3v) is 7.08. The SMILES string of the molecule is C=C[C@](C)(O)CC[C@@]1(C)[C@H]2CC(=O)C=C(C)[C@]2(C)CC[C@@H]1C. The van der Waals surface area contributed by atoms with Crippen molar-refractivity contribution in [1.82, 2.24) is 0 Å². The van der Waals surface area contributed by atoms with Gasteiger partial charge in [0, 0.05) is 6.42 Å². The molecule has 0 spiro atoms. The van der Waals surface area contributed by atoms with Crippen molar-refractivity contribution >= 4 is 5.78 Å². The normalized spacial score (nSPS) is 41.4. The van der Waals surface area contributed by atoms with Crippen LogP contribution in [0.5, 0.6) is 0 Å². The lowest BCUT2D eigenvalue weighted by Crippen LogP contribution is -2.51. The summed E-state index contributed by atoms with van der Waals surface area (Å²) in [6, 6.07) is 0. The maximum Gasteiger partial charge on any atom is 0.155 e. The summed E-state index contributed by atoms with van der Waals surface area (Å²) in [6.45, 7) is 14.7. The van der Waals surface area contributed by atoms with Crippen LogP contribution >= 0.6 is 0 Å². The number of aliphatic hydroxyl groups is 1. The lowest BCUT2D eigenvalue weighted by atomic mass is 9.46. The smallest absolute Gasteiger partial charge is 0.155 e. The Morgan fingerprint density at radius 2 is 2.14 bits per heavy atom. The molecule has 0 aliphatic heterocycles. The first-order valence-corrected chi connectivity index (χ1v) is 8.63. The van der Waals surface area contributed by atoms with Gasteiger partial charge in [-0.3, -0.25) is 4.79 Å². The molecule has 2 aliphatic carbocycles. The number of carbonyl (C=O) groups is 1. The van der Waals surface area contributed by atoms with Gasteiger partial charge in [-0.15, -0.1) is 6.58 Å². The largest absolute Gasteiger partial charge is 0.386 e. The molecule has 2 rings (SSSR count). The maximum atomic E-state index is 12.2. The van der Waals surface area contributed by atoms with Crippen LogP contribution in [0.25, 0.3) is 0 Å². The number of ketones is 1. The van der Waals surface area contributed by atoms with E-state index in [0.717, 1.165) is 6.42 Å². The van der Waals surface area contributed by atoms with E-state index in [1.807, 2.05) is 13.0 Å². The summed E-state index contributed by atoms with van der Waals surface area (Å²) in [7, 11) is 0. The van der Waals surface area contributed by atoms with Crippen molar-refractivity contribution < 1.29 is 9.90 Å². The molecule has 0 amide bonds. The van der Waals surface area contributed by atoms with Crippen molar-refractivity contribution in [3.05, 3.63) is 24.3 Å². The summed E-state index contributed by atoms with van der Waals surface area (Å²) < 4.78 is 0. The third-order valence-electron chi connectivity index (χ3n) is 7.08. The summed E-state index contributed by atoms with van der Waals surface area (Å²) in [4.78, 5) is 12.2. The Hall–Kier alpha value is -0.890. The lowest BCUT2D eigenvalue weighted by Gasteiger charge is -2.58. The van der Waals surface area contributed by atoms with Gasteiger partial charge in [0.05, 0.1) is 5.60 Å². The topological polar surface area (TPSA) is 37.3 Å². The molecule has 1 fully saturated rings. The van der Waals surface area contributed by atoms with Gasteiger partial charge < -0.3 is 5.11 Å². The monoisotopic (exact) mass is 304 g/mol. The molecule has 0 unspecified atom stereocenters. The standard InChI is InChI=1S/C20H32O2/c1-7-18(4,22)10-11-20(6)14(2)8-9-19(5)15(3)12-16(21)13-17(19)20/h7,12,14,17,22H,1,8-11,13H2,2-6H3/t14-,17-,18-,19-,20+/m0/s1. The van der Waals surface area contributed by atoms with Gasteiger partial charge in [0.1, 0.15) is 0 Å². The average Bonchev–Trinajstić information content (AvgIpc) is 2.45. The Balaban J connectivity index is 2.34. The zero-order chi connectivity index (χ0) is 16.8. The third kappa shape index (κ3) is 2.82. The van der Waals surface area contributed by atoms with Crippen molar-refractivity contribution in [1.29, 1.82) is 0 Å². The summed E-state index contributed by atoms with van der Waals surface area (Å²) in [5.41, 5.74) is 0.655. The molecule has 0 aromatic carbocycles. The van der Waals surface area contributed by atoms with Crippen molar-refractivity contribution in [3.63, 3.8) is 0 Å². The first-order valence-electron chi connectivity index (χ1n) is 8.63. The number of fused-ring (bicyclic) bond motifs is 1. The molecule has 1 saturated carbocycles. The number of rotatable bonds is 4. The highest BCUT2D eigenvalue weighted by Gasteiger charge is 2.54. The van der Waals surface area contributed by atoms with E-state index < -0.39 is 5.60 Å². The van der Waals surface area contributed by atoms with E-state index in [1.54, 1.807) is 6.08 Å². The van der Waals surface area contributed by atoms with E-state index in [2.05, 4.69) is 34.3 Å². The fourth-order valence-electron chi connectivity index (χ4n) is 4.73. The molecular weight excluding hydrogens is 272 g/mol. The highest BCUT2D eigenvalue weighted by Crippen LogP contribution is 2.61. The molecule has 0 radical (unpaired) electrons. The van der Waals surface area contributed by atoms with E-state index in [-0.39, 0.29) is 16.6 Å². The van der Waals surface area contributed by atoms with Gasteiger partial charge in [0.25, 0.3) is 0 Å². The first-order chi connectivity index (χ1) is 10.0. The fourth-order valence-corrected chi connectivity index (χ4v) is 4.73. The minimum absolute atomic E-state index is 0.0885. The second kappa shape index (κ2) is 5.63. The van der Waals surface area contributed by atoms with Crippen LogP contribution in [-0.4, -0.2) is 16.5 Å². The summed E-state index contributed by atoms with van der Waals surface area (Å²) in [5, 5.41) is 10.3. The summed E-state index contributed by atoms with van der Waals surface area (Å²) in [5.74, 6) is 1.22. The van der Waals surface area contributed by atoms with E-state index in [4.69, 9.17) is 0 Å². The van der Waals surface area contributed by atoms with E-state index in [1.165, 1.54) is 18.4 Å². The average molecular weight is 304 g/mol. The summed E-state index contributed by atoms with van der Waals surface area (Å²) in [6.07, 6.45) is 8.17. The molecular formula is C20H32O2. The molecule has 22 heavy (non-hydrogen) atoms. The molecule has 2 heteroatoms. The van der Waals surface area contributed by atoms with Crippen LogP contribution in [0, 0.1) is 22.7 Å². The number of hydrogen-bond acceptors (Lipinski definition) is 2. The van der Waals surface area contributed by atoms with Gasteiger partial charge >= 0.3 is 0 Å². The Labute approximate surface area is 135 Å². The fraction of sp³-hybridized carbons (Fsp3) is 0.750. The minimum Gasteiger partial charge on any atom is -0.386 e.